The Balaban J connectivity index is 1.21. The minimum atomic E-state index is -4.29. The number of allylic oxidation sites excluding steroid dienone is 6. The van der Waals surface area contributed by atoms with Gasteiger partial charge in [0.15, 0.2) is 5.71 Å². The number of nitrogens with one attached hydrogen (secondary N) is 1. The van der Waals surface area contributed by atoms with E-state index in [1.54, 1.807) is 24.3 Å². The van der Waals surface area contributed by atoms with Crippen LogP contribution in [-0.4, -0.2) is 54.4 Å². The number of phenols is 1. The van der Waals surface area contributed by atoms with Crippen molar-refractivity contribution in [3.63, 3.8) is 0 Å². The Morgan fingerprint density at radius 2 is 1.64 bits per heavy atom. The molecule has 0 aliphatic carbocycles. The fourth-order valence-electron chi connectivity index (χ4n) is 7.19. The maximum atomic E-state index is 12.4. The number of hydrogen-bond acceptors (Lipinski definition) is 5. The first-order valence-corrected chi connectivity index (χ1v) is 18.8. The number of rotatable bonds is 13. The largest absolute Gasteiger partial charge is 0.508 e. The summed E-state index contributed by atoms with van der Waals surface area (Å²) in [4.78, 5) is 14.8. The van der Waals surface area contributed by atoms with Crippen LogP contribution in [0.15, 0.2) is 102 Å². The number of amides is 1. The van der Waals surface area contributed by atoms with Gasteiger partial charge in [0.25, 0.3) is 10.1 Å². The van der Waals surface area contributed by atoms with Crippen LogP contribution < -0.4 is 10.2 Å². The lowest BCUT2D eigenvalue weighted by atomic mass is 9.81. The van der Waals surface area contributed by atoms with E-state index in [0.717, 1.165) is 54.8 Å². The number of carbonyl (C=O) groups excluding carboxylic acids is 1. The second kappa shape index (κ2) is 14.8. The Kier molecular flexibility index (Phi) is 10.9. The van der Waals surface area contributed by atoms with Crippen LogP contribution in [0.4, 0.5) is 11.4 Å². The third kappa shape index (κ3) is 7.95. The van der Waals surface area contributed by atoms with Gasteiger partial charge in [-0.3, -0.25) is 9.35 Å². The topological polar surface area (TPSA) is 110 Å². The number of fused-ring (bicyclic) bond motifs is 2. The third-order valence-electron chi connectivity index (χ3n) is 10.0. The van der Waals surface area contributed by atoms with E-state index in [-0.39, 0.29) is 22.0 Å². The van der Waals surface area contributed by atoms with Crippen molar-refractivity contribution in [3.05, 3.63) is 119 Å². The van der Waals surface area contributed by atoms with Crippen LogP contribution in [-0.2, 0) is 32.2 Å². The Bertz CT molecular complexity index is 1990. The number of aromatic hydroxyl groups is 1. The number of anilines is 1. The summed E-state index contributed by atoms with van der Waals surface area (Å²) >= 11 is 0. The quantitative estimate of drug-likeness (QED) is 0.0733. The highest BCUT2D eigenvalue weighted by Crippen LogP contribution is 2.48. The molecule has 2 aliphatic heterocycles. The second-order valence-corrected chi connectivity index (χ2v) is 15.8. The van der Waals surface area contributed by atoms with Crippen molar-refractivity contribution in [2.24, 2.45) is 0 Å². The lowest BCUT2D eigenvalue weighted by Crippen LogP contribution is -2.27. The van der Waals surface area contributed by atoms with Crippen LogP contribution in [0.3, 0.4) is 0 Å². The molecule has 8 nitrogen and oxygen atoms in total. The van der Waals surface area contributed by atoms with Gasteiger partial charge in [-0.1, -0.05) is 68.3 Å². The predicted octanol–water partition coefficient (Wildman–Crippen LogP) is 7.67. The fraction of sp³-hybridized carbons (Fsp3) is 0.366. The smallest absolute Gasteiger partial charge is 0.294 e. The van der Waals surface area contributed by atoms with Gasteiger partial charge in [-0.05, 0) is 87.6 Å². The molecular weight excluding hydrogens is 647 g/mol. The first kappa shape index (κ1) is 36.8. The summed E-state index contributed by atoms with van der Waals surface area (Å²) in [6, 6.07) is 18.5. The van der Waals surface area contributed by atoms with Crippen molar-refractivity contribution in [1.29, 1.82) is 0 Å². The van der Waals surface area contributed by atoms with Crippen LogP contribution in [0.5, 0.6) is 5.75 Å². The van der Waals surface area contributed by atoms with E-state index in [1.165, 1.54) is 28.6 Å². The Morgan fingerprint density at radius 3 is 2.36 bits per heavy atom. The SMILES string of the molecule is Cc1ccc2c(c1)C(C)(C)C(=CC=CC=CC1=[N+](C)c3ccc(S(=O)(=O)O)cc3C1(C)C)N2CCCCCC(=O)NCCc1ccc(O)cc1. The number of nitrogens with zero attached hydrogens (tertiary/aromatic N) is 2. The van der Waals surface area contributed by atoms with Crippen molar-refractivity contribution in [1.82, 2.24) is 5.32 Å². The summed E-state index contributed by atoms with van der Waals surface area (Å²) in [5.41, 5.74) is 8.24. The molecule has 264 valence electrons. The van der Waals surface area contributed by atoms with Crippen LogP contribution in [0.1, 0.15) is 75.6 Å². The lowest BCUT2D eigenvalue weighted by molar-refractivity contribution is -0.401. The monoisotopic (exact) mass is 696 g/mol. The maximum absolute atomic E-state index is 12.4. The van der Waals surface area contributed by atoms with Gasteiger partial charge in [-0.25, -0.2) is 0 Å². The minimum Gasteiger partial charge on any atom is -0.508 e. The van der Waals surface area contributed by atoms with Crippen molar-refractivity contribution in [2.45, 2.75) is 82.4 Å². The fourth-order valence-corrected chi connectivity index (χ4v) is 7.70. The van der Waals surface area contributed by atoms with Crippen LogP contribution in [0.2, 0.25) is 0 Å². The van der Waals surface area contributed by atoms with Gasteiger partial charge in [-0.2, -0.15) is 13.0 Å². The van der Waals surface area contributed by atoms with E-state index < -0.39 is 15.5 Å². The molecule has 50 heavy (non-hydrogen) atoms. The molecule has 2 heterocycles. The van der Waals surface area contributed by atoms with Gasteiger partial charge in [0.2, 0.25) is 11.6 Å². The number of phenolic OH excluding ortho intramolecular Hbond substituents is 1. The molecule has 0 unspecified atom stereocenters. The summed E-state index contributed by atoms with van der Waals surface area (Å²) < 4.78 is 35.2. The lowest BCUT2D eigenvalue weighted by Gasteiger charge is -2.27. The van der Waals surface area contributed by atoms with Gasteiger partial charge in [0.05, 0.1) is 10.3 Å². The second-order valence-electron chi connectivity index (χ2n) is 14.4. The summed E-state index contributed by atoms with van der Waals surface area (Å²) in [5.74, 6) is 0.315. The zero-order chi connectivity index (χ0) is 36.3. The summed E-state index contributed by atoms with van der Waals surface area (Å²) in [6.07, 6.45) is 14.4. The highest BCUT2D eigenvalue weighted by atomic mass is 32.2. The molecule has 0 atom stereocenters. The molecule has 0 saturated carbocycles. The summed E-state index contributed by atoms with van der Waals surface area (Å²) in [7, 11) is -2.32. The number of carbonyl (C=O) groups is 1. The standard InChI is InChI=1S/C41H49N3O5S/c1-29-16-22-36-33(27-29)41(4,5)38(44(36)26-12-8-11-15-39(46)42-25-24-30-17-19-31(45)20-18-30)14-10-7-9-13-37-40(2,3)34-28-32(50(47,48)49)21-23-35(34)43(37)6/h7,9-10,13-14,16-23,27-28H,8,11-12,15,24-26H2,1-6H3,(H2-,42,45,46,47,48,49)/p+1. The van der Waals surface area contributed by atoms with Crippen molar-refractivity contribution >= 4 is 33.1 Å². The predicted molar refractivity (Wildman–Crippen MR) is 201 cm³/mol. The van der Waals surface area contributed by atoms with E-state index in [4.69, 9.17) is 0 Å². The van der Waals surface area contributed by atoms with Crippen LogP contribution in [0, 0.1) is 6.92 Å². The van der Waals surface area contributed by atoms with Crippen LogP contribution in [0.25, 0.3) is 0 Å². The number of benzene rings is 3. The van der Waals surface area contributed by atoms with Crippen molar-refractivity contribution in [3.8, 4) is 5.75 Å². The van der Waals surface area contributed by atoms with Crippen LogP contribution >= 0.6 is 0 Å². The zero-order valence-electron chi connectivity index (χ0n) is 30.0. The highest BCUT2D eigenvalue weighted by molar-refractivity contribution is 7.85. The summed E-state index contributed by atoms with van der Waals surface area (Å²) in [5, 5.41) is 12.5. The first-order valence-electron chi connectivity index (χ1n) is 17.3. The summed E-state index contributed by atoms with van der Waals surface area (Å²) in [6.45, 7) is 12.2. The minimum absolute atomic E-state index is 0.0720. The zero-order valence-corrected chi connectivity index (χ0v) is 30.8. The number of unbranched alkanes of at least 4 members (excludes halogenated alkanes) is 2. The van der Waals surface area contributed by atoms with Gasteiger partial charge >= 0.3 is 0 Å². The van der Waals surface area contributed by atoms with E-state index in [2.05, 4.69) is 85.8 Å². The first-order chi connectivity index (χ1) is 23.6. The van der Waals surface area contributed by atoms with Crippen molar-refractivity contribution < 1.29 is 27.4 Å². The number of aryl methyl sites for hydroxylation is 1. The Labute approximate surface area is 297 Å². The Morgan fingerprint density at radius 1 is 0.900 bits per heavy atom. The molecule has 3 N–H and O–H groups in total. The molecule has 0 bridgehead atoms. The molecule has 3 aromatic carbocycles. The molecular formula is C41H50N3O5S+. The molecule has 0 aromatic heterocycles. The third-order valence-corrected chi connectivity index (χ3v) is 10.9. The highest BCUT2D eigenvalue weighted by Gasteiger charge is 2.43. The van der Waals surface area contributed by atoms with E-state index in [0.29, 0.717) is 13.0 Å². The molecule has 5 rings (SSSR count). The van der Waals surface area contributed by atoms with E-state index in [9.17, 15) is 22.9 Å². The molecule has 9 heteroatoms. The molecule has 3 aromatic rings. The van der Waals surface area contributed by atoms with E-state index >= 15 is 0 Å². The molecule has 0 spiro atoms. The van der Waals surface area contributed by atoms with Gasteiger partial charge in [-0.15, -0.1) is 0 Å². The normalized spacial score (nSPS) is 17.3. The average molecular weight is 697 g/mol. The maximum Gasteiger partial charge on any atom is 0.294 e. The van der Waals surface area contributed by atoms with Crippen molar-refractivity contribution in [2.75, 3.05) is 25.0 Å². The molecule has 2 aliphatic rings. The molecule has 0 saturated heterocycles. The average Bonchev–Trinajstić information content (AvgIpc) is 3.38. The molecule has 0 radical (unpaired) electrons. The number of hydrogen-bond donors (Lipinski definition) is 3. The van der Waals surface area contributed by atoms with Gasteiger partial charge in [0, 0.05) is 54.0 Å². The molecule has 1 amide bonds. The van der Waals surface area contributed by atoms with E-state index in [1.807, 2.05) is 31.3 Å². The Hall–Kier alpha value is -4.47. The van der Waals surface area contributed by atoms with Gasteiger partial charge in [0.1, 0.15) is 12.8 Å². The van der Waals surface area contributed by atoms with Gasteiger partial charge < -0.3 is 15.3 Å². The molecule has 0 fully saturated rings.